The number of halogens is 2. The number of rotatable bonds is 7. The number of amides is 1. The van der Waals surface area contributed by atoms with Crippen molar-refractivity contribution in [2.45, 2.75) is 42.9 Å². The van der Waals surface area contributed by atoms with Crippen molar-refractivity contribution in [1.29, 1.82) is 0 Å². The average molecular weight is 535 g/mol. The van der Waals surface area contributed by atoms with Gasteiger partial charge in [-0.25, -0.2) is 9.97 Å². The Hall–Kier alpha value is -2.26. The molecule has 10 heteroatoms. The Morgan fingerprint density at radius 3 is 2.69 bits per heavy atom. The normalized spacial score (nSPS) is 18.5. The Kier molecular flexibility index (Phi) is 8.27. The molecule has 0 bridgehead atoms. The molecule has 0 radical (unpaired) electrons. The highest BCUT2D eigenvalue weighted by molar-refractivity contribution is 7.99. The quantitative estimate of drug-likeness (QED) is 0.429. The van der Waals surface area contributed by atoms with Gasteiger partial charge in [0.2, 0.25) is 0 Å². The maximum Gasteiger partial charge on any atom is 0.255 e. The molecule has 1 atom stereocenters. The Bertz CT molecular complexity index is 1180. The summed E-state index contributed by atoms with van der Waals surface area (Å²) in [5.74, 6) is 0.828. The Labute approximate surface area is 219 Å². The molecule has 1 aliphatic rings. The van der Waals surface area contributed by atoms with Crippen molar-refractivity contribution in [3.05, 3.63) is 69.6 Å². The van der Waals surface area contributed by atoms with Crippen molar-refractivity contribution >= 4 is 46.7 Å². The molecule has 0 aliphatic carbocycles. The molecule has 3 heterocycles. The van der Waals surface area contributed by atoms with Gasteiger partial charge in [0.25, 0.3) is 5.91 Å². The lowest BCUT2D eigenvalue weighted by Gasteiger charge is -2.26. The maximum atomic E-state index is 13.3. The molecule has 3 N–H and O–H groups in total. The van der Waals surface area contributed by atoms with Crippen LogP contribution in [0.25, 0.3) is 0 Å². The molecular formula is C25H29Cl2N5O2S. The molecule has 1 unspecified atom stereocenters. The number of aliphatic hydroxyl groups is 1. The molecule has 1 aliphatic heterocycles. The van der Waals surface area contributed by atoms with E-state index in [-0.39, 0.29) is 5.91 Å². The zero-order valence-electron chi connectivity index (χ0n) is 19.6. The standard InChI is InChI=1S/C25H29Cl2N5O2S/c1-31-13-10-29-24(31)35-16-25(34)8-3-11-32(12-9-25)23(33)18-14-17(22(28)30-15-18)6-7-19-20(26)4-2-5-21(19)27/h2,4-5,10,13-15,34H,3,6-9,11-12,16H2,1H3,(H2,28,30). The lowest BCUT2D eigenvalue weighted by molar-refractivity contribution is 0.0482. The third kappa shape index (κ3) is 6.30. The summed E-state index contributed by atoms with van der Waals surface area (Å²) in [6.45, 7) is 1.06. The summed E-state index contributed by atoms with van der Waals surface area (Å²) in [5, 5.41) is 13.2. The number of anilines is 1. The summed E-state index contributed by atoms with van der Waals surface area (Å²) >= 11 is 14.1. The van der Waals surface area contributed by atoms with Gasteiger partial charge in [0.05, 0.1) is 11.2 Å². The van der Waals surface area contributed by atoms with Crippen LogP contribution in [0, 0.1) is 0 Å². The summed E-state index contributed by atoms with van der Waals surface area (Å²) in [4.78, 5) is 23.7. The van der Waals surface area contributed by atoms with E-state index in [9.17, 15) is 9.90 Å². The number of likely N-dealkylation sites (tertiary alicyclic amines) is 1. The number of carbonyl (C=O) groups is 1. The van der Waals surface area contributed by atoms with Crippen LogP contribution in [0.3, 0.4) is 0 Å². The average Bonchev–Trinajstić information content (AvgIpc) is 3.14. The molecule has 1 saturated heterocycles. The smallest absolute Gasteiger partial charge is 0.255 e. The van der Waals surface area contributed by atoms with Crippen LogP contribution in [0.2, 0.25) is 10.0 Å². The van der Waals surface area contributed by atoms with E-state index in [1.165, 1.54) is 18.0 Å². The largest absolute Gasteiger partial charge is 0.389 e. The van der Waals surface area contributed by atoms with Gasteiger partial charge >= 0.3 is 0 Å². The monoisotopic (exact) mass is 533 g/mol. The Morgan fingerprint density at radius 1 is 1.20 bits per heavy atom. The summed E-state index contributed by atoms with van der Waals surface area (Å²) in [5.41, 5.74) is 7.39. The summed E-state index contributed by atoms with van der Waals surface area (Å²) in [6.07, 6.45) is 8.19. The van der Waals surface area contributed by atoms with Crippen molar-refractivity contribution in [3.8, 4) is 0 Å². The van der Waals surface area contributed by atoms with Gasteiger partial charge in [0.15, 0.2) is 5.16 Å². The van der Waals surface area contributed by atoms with E-state index in [1.54, 1.807) is 23.2 Å². The third-order valence-electron chi connectivity index (χ3n) is 6.41. The molecule has 4 rings (SSSR count). The zero-order chi connectivity index (χ0) is 25.0. The molecule has 0 saturated carbocycles. The highest BCUT2D eigenvalue weighted by atomic mass is 35.5. The van der Waals surface area contributed by atoms with Gasteiger partial charge in [0.1, 0.15) is 5.82 Å². The lowest BCUT2D eigenvalue weighted by Crippen LogP contribution is -2.36. The molecule has 186 valence electrons. The van der Waals surface area contributed by atoms with E-state index in [0.29, 0.717) is 66.0 Å². The molecule has 35 heavy (non-hydrogen) atoms. The first kappa shape index (κ1) is 25.8. The number of benzene rings is 1. The fourth-order valence-corrected chi connectivity index (χ4v) is 5.94. The van der Waals surface area contributed by atoms with Crippen LogP contribution in [-0.4, -0.2) is 54.9 Å². The lowest BCUT2D eigenvalue weighted by atomic mass is 9.97. The highest BCUT2D eigenvalue weighted by Crippen LogP contribution is 2.30. The minimum atomic E-state index is -0.843. The van der Waals surface area contributed by atoms with Gasteiger partial charge in [-0.3, -0.25) is 4.79 Å². The maximum absolute atomic E-state index is 13.3. The molecule has 1 fully saturated rings. The van der Waals surface area contributed by atoms with Crippen LogP contribution in [0.15, 0.2) is 48.0 Å². The predicted molar refractivity (Wildman–Crippen MR) is 141 cm³/mol. The van der Waals surface area contributed by atoms with E-state index in [2.05, 4.69) is 9.97 Å². The van der Waals surface area contributed by atoms with Crippen LogP contribution >= 0.6 is 35.0 Å². The molecular weight excluding hydrogens is 505 g/mol. The predicted octanol–water partition coefficient (Wildman–Crippen LogP) is 4.64. The first-order chi connectivity index (χ1) is 16.8. The van der Waals surface area contributed by atoms with E-state index in [1.807, 2.05) is 29.9 Å². The first-order valence-electron chi connectivity index (χ1n) is 11.5. The Morgan fingerprint density at radius 2 is 1.97 bits per heavy atom. The molecule has 0 spiro atoms. The van der Waals surface area contributed by atoms with Crippen molar-refractivity contribution in [2.24, 2.45) is 7.05 Å². The van der Waals surface area contributed by atoms with E-state index in [4.69, 9.17) is 28.9 Å². The highest BCUT2D eigenvalue weighted by Gasteiger charge is 2.32. The number of hydrogen-bond acceptors (Lipinski definition) is 6. The van der Waals surface area contributed by atoms with Gasteiger partial charge < -0.3 is 20.3 Å². The number of nitrogens with two attached hydrogens (primary N) is 1. The van der Waals surface area contributed by atoms with Crippen LogP contribution in [0.1, 0.15) is 40.7 Å². The minimum absolute atomic E-state index is 0.101. The third-order valence-corrected chi connectivity index (χ3v) is 8.45. The SMILES string of the molecule is Cn1ccnc1SCC1(O)CCCN(C(=O)c2cnc(N)c(CCc3c(Cl)cccc3Cl)c2)CC1. The van der Waals surface area contributed by atoms with Gasteiger partial charge in [0, 0.05) is 54.5 Å². The van der Waals surface area contributed by atoms with Crippen molar-refractivity contribution in [3.63, 3.8) is 0 Å². The van der Waals surface area contributed by atoms with E-state index in [0.717, 1.165) is 22.7 Å². The number of imidazole rings is 1. The summed E-state index contributed by atoms with van der Waals surface area (Å²) in [7, 11) is 1.94. The van der Waals surface area contributed by atoms with E-state index < -0.39 is 5.60 Å². The fraction of sp³-hybridized carbons (Fsp3) is 0.400. The second kappa shape index (κ2) is 11.2. The zero-order valence-corrected chi connectivity index (χ0v) is 21.9. The van der Waals surface area contributed by atoms with Crippen LogP contribution in [0.5, 0.6) is 0 Å². The molecule has 2 aromatic heterocycles. The van der Waals surface area contributed by atoms with Crippen LogP contribution < -0.4 is 5.73 Å². The number of carbonyl (C=O) groups excluding carboxylic acids is 1. The second-order valence-corrected chi connectivity index (χ2v) is 10.7. The van der Waals surface area contributed by atoms with Gasteiger partial charge in [-0.15, -0.1) is 0 Å². The number of thioether (sulfide) groups is 1. The number of aromatic nitrogens is 3. The molecule has 1 aromatic carbocycles. The second-order valence-electron chi connectivity index (χ2n) is 8.95. The summed E-state index contributed by atoms with van der Waals surface area (Å²) < 4.78 is 1.94. The number of aryl methyl sites for hydroxylation is 2. The van der Waals surface area contributed by atoms with E-state index >= 15 is 0 Å². The van der Waals surface area contributed by atoms with Crippen LogP contribution in [-0.2, 0) is 19.9 Å². The number of nitrogen functional groups attached to an aromatic ring is 1. The number of nitrogens with zero attached hydrogens (tertiary/aromatic N) is 4. The van der Waals surface area contributed by atoms with Crippen LogP contribution in [0.4, 0.5) is 5.82 Å². The molecule has 1 amide bonds. The van der Waals surface area contributed by atoms with Crippen molar-refractivity contribution in [2.75, 3.05) is 24.6 Å². The molecule has 3 aromatic rings. The van der Waals surface area contributed by atoms with Crippen molar-refractivity contribution < 1.29 is 9.90 Å². The summed E-state index contributed by atoms with van der Waals surface area (Å²) in [6, 6.07) is 7.23. The topological polar surface area (TPSA) is 97.3 Å². The number of pyridine rings is 1. The van der Waals surface area contributed by atoms with Gasteiger partial charge in [-0.1, -0.05) is 41.0 Å². The minimum Gasteiger partial charge on any atom is -0.389 e. The first-order valence-corrected chi connectivity index (χ1v) is 13.3. The fourth-order valence-electron chi connectivity index (χ4n) is 4.27. The van der Waals surface area contributed by atoms with Crippen molar-refractivity contribution in [1.82, 2.24) is 19.4 Å². The van der Waals surface area contributed by atoms with Gasteiger partial charge in [-0.05, 0) is 61.4 Å². The number of hydrogen-bond donors (Lipinski definition) is 2. The Balaban J connectivity index is 1.40. The molecule has 7 nitrogen and oxygen atoms in total. The van der Waals surface area contributed by atoms with Gasteiger partial charge in [-0.2, -0.15) is 0 Å².